The molecule has 3 heterocycles. The van der Waals surface area contributed by atoms with Gasteiger partial charge in [-0.05, 0) is 71.4 Å². The summed E-state index contributed by atoms with van der Waals surface area (Å²) >= 11 is 0. The second-order valence-corrected chi connectivity index (χ2v) is 10.2. The van der Waals surface area contributed by atoms with Crippen LogP contribution in [0.1, 0.15) is 59.8 Å². The summed E-state index contributed by atoms with van der Waals surface area (Å²) in [6, 6.07) is 3.28. The van der Waals surface area contributed by atoms with Crippen molar-refractivity contribution in [1.29, 1.82) is 0 Å². The van der Waals surface area contributed by atoms with E-state index in [1.54, 1.807) is 0 Å². The molecular formula is C22H42N4. The Balaban J connectivity index is 1.16. The lowest BCUT2D eigenvalue weighted by atomic mass is 9.59. The van der Waals surface area contributed by atoms with E-state index in [1.807, 2.05) is 0 Å². The molecule has 4 fully saturated rings. The Kier molecular flexibility index (Phi) is 5.67. The first-order valence-electron chi connectivity index (χ1n) is 11.5. The molecule has 0 bridgehead atoms. The molecule has 0 aromatic carbocycles. The first-order valence-corrected chi connectivity index (χ1v) is 11.5. The summed E-state index contributed by atoms with van der Waals surface area (Å²) in [5, 5.41) is 0. The zero-order valence-electron chi connectivity index (χ0n) is 17.8. The number of piperidine rings is 1. The van der Waals surface area contributed by atoms with E-state index in [9.17, 15) is 0 Å². The number of hydrogen-bond donors (Lipinski definition) is 0. The number of hydrogen-bond acceptors (Lipinski definition) is 4. The molecule has 1 unspecified atom stereocenters. The van der Waals surface area contributed by atoms with Crippen LogP contribution in [0.4, 0.5) is 0 Å². The molecule has 1 atom stereocenters. The first kappa shape index (κ1) is 19.2. The summed E-state index contributed by atoms with van der Waals surface area (Å²) in [6.45, 7) is 20.0. The van der Waals surface area contributed by atoms with Gasteiger partial charge in [0.2, 0.25) is 0 Å². The summed E-state index contributed by atoms with van der Waals surface area (Å²) in [6.07, 6.45) is 7.03. The molecule has 26 heavy (non-hydrogen) atoms. The van der Waals surface area contributed by atoms with Gasteiger partial charge in [-0.3, -0.25) is 14.7 Å². The molecule has 3 saturated heterocycles. The Bertz CT molecular complexity index is 449. The molecule has 4 nitrogen and oxygen atoms in total. The van der Waals surface area contributed by atoms with E-state index in [4.69, 9.17) is 0 Å². The predicted molar refractivity (Wildman–Crippen MR) is 110 cm³/mol. The molecule has 150 valence electrons. The third-order valence-corrected chi connectivity index (χ3v) is 8.24. The number of rotatable bonds is 5. The molecule has 0 radical (unpaired) electrons. The topological polar surface area (TPSA) is 13.0 Å². The van der Waals surface area contributed by atoms with Crippen molar-refractivity contribution in [3.8, 4) is 0 Å². The summed E-state index contributed by atoms with van der Waals surface area (Å²) in [4.78, 5) is 11.0. The lowest BCUT2D eigenvalue weighted by Crippen LogP contribution is -2.69. The molecule has 1 spiro atoms. The Morgan fingerprint density at radius 3 is 1.81 bits per heavy atom. The zero-order valence-corrected chi connectivity index (χ0v) is 17.8. The van der Waals surface area contributed by atoms with E-state index in [0.29, 0.717) is 0 Å². The molecule has 0 amide bonds. The molecule has 3 aliphatic heterocycles. The van der Waals surface area contributed by atoms with Crippen molar-refractivity contribution in [3.63, 3.8) is 0 Å². The molecule has 4 heteroatoms. The molecule has 1 aliphatic carbocycles. The van der Waals surface area contributed by atoms with Gasteiger partial charge in [-0.1, -0.05) is 6.92 Å². The summed E-state index contributed by atoms with van der Waals surface area (Å²) in [5.74, 6) is 0. The quantitative estimate of drug-likeness (QED) is 0.745. The Morgan fingerprint density at radius 2 is 1.31 bits per heavy atom. The zero-order chi connectivity index (χ0) is 18.3. The summed E-state index contributed by atoms with van der Waals surface area (Å²) in [7, 11) is 0. The maximum atomic E-state index is 2.83. The van der Waals surface area contributed by atoms with Crippen LogP contribution in [0.2, 0.25) is 0 Å². The van der Waals surface area contributed by atoms with Crippen LogP contribution in [0.5, 0.6) is 0 Å². The van der Waals surface area contributed by atoms with Crippen LogP contribution in [-0.2, 0) is 0 Å². The first-order chi connectivity index (χ1) is 12.5. The lowest BCUT2D eigenvalue weighted by Gasteiger charge is -2.63. The minimum Gasteiger partial charge on any atom is -0.301 e. The van der Waals surface area contributed by atoms with Crippen molar-refractivity contribution in [2.75, 3.05) is 52.4 Å². The fourth-order valence-electron chi connectivity index (χ4n) is 6.08. The Hall–Kier alpha value is -0.160. The molecular weight excluding hydrogens is 320 g/mol. The van der Waals surface area contributed by atoms with Gasteiger partial charge in [-0.25, -0.2) is 0 Å². The van der Waals surface area contributed by atoms with Gasteiger partial charge in [0.25, 0.3) is 0 Å². The average Bonchev–Trinajstić information content (AvgIpc) is 2.59. The summed E-state index contributed by atoms with van der Waals surface area (Å²) in [5.41, 5.74) is 0.717. The monoisotopic (exact) mass is 362 g/mol. The lowest BCUT2D eigenvalue weighted by molar-refractivity contribution is -0.129. The van der Waals surface area contributed by atoms with Crippen molar-refractivity contribution in [3.05, 3.63) is 0 Å². The van der Waals surface area contributed by atoms with Gasteiger partial charge in [-0.2, -0.15) is 0 Å². The van der Waals surface area contributed by atoms with Crippen molar-refractivity contribution in [2.24, 2.45) is 5.41 Å². The largest absolute Gasteiger partial charge is 0.301 e. The smallest absolute Gasteiger partial charge is 0.0121 e. The van der Waals surface area contributed by atoms with Gasteiger partial charge in [0.05, 0.1) is 0 Å². The highest BCUT2D eigenvalue weighted by molar-refractivity contribution is 5.08. The minimum atomic E-state index is 0.717. The molecule has 0 N–H and O–H groups in total. The van der Waals surface area contributed by atoms with Gasteiger partial charge in [-0.15, -0.1) is 0 Å². The van der Waals surface area contributed by atoms with Crippen LogP contribution in [0, 0.1) is 5.41 Å². The van der Waals surface area contributed by atoms with Crippen LogP contribution in [0.15, 0.2) is 0 Å². The maximum Gasteiger partial charge on any atom is 0.0121 e. The fourth-order valence-corrected chi connectivity index (χ4v) is 6.08. The second-order valence-electron chi connectivity index (χ2n) is 10.2. The molecule has 4 rings (SSSR count). The van der Waals surface area contributed by atoms with E-state index >= 15 is 0 Å². The third kappa shape index (κ3) is 3.72. The highest BCUT2D eigenvalue weighted by atomic mass is 15.3. The van der Waals surface area contributed by atoms with E-state index in [-0.39, 0.29) is 0 Å². The third-order valence-electron chi connectivity index (χ3n) is 8.24. The van der Waals surface area contributed by atoms with Crippen LogP contribution < -0.4 is 0 Å². The summed E-state index contributed by atoms with van der Waals surface area (Å²) < 4.78 is 0. The standard InChI is InChI=1S/C22H42N4/c1-5-19(4)26-16-22(17-26)14-21(15-22)25-12-10-24(11-13-25)20-6-8-23(9-7-20)18(2)3/h18-21H,5-17H2,1-4H3. The number of likely N-dealkylation sites (tertiary alicyclic amines) is 2. The van der Waals surface area contributed by atoms with Gasteiger partial charge in [0.1, 0.15) is 0 Å². The van der Waals surface area contributed by atoms with Crippen molar-refractivity contribution >= 4 is 0 Å². The fraction of sp³-hybridized carbons (Fsp3) is 1.00. The van der Waals surface area contributed by atoms with Gasteiger partial charge < -0.3 is 4.90 Å². The second kappa shape index (κ2) is 7.69. The van der Waals surface area contributed by atoms with Gasteiger partial charge >= 0.3 is 0 Å². The van der Waals surface area contributed by atoms with Gasteiger partial charge in [0, 0.05) is 63.4 Å². The SMILES string of the molecule is CCC(C)N1CC2(CC(N3CCN(C4CCN(C(C)C)CC4)CC3)C2)C1. The maximum absolute atomic E-state index is 2.83. The van der Waals surface area contributed by atoms with E-state index < -0.39 is 0 Å². The van der Waals surface area contributed by atoms with E-state index in [0.717, 1.165) is 29.6 Å². The van der Waals surface area contributed by atoms with E-state index in [2.05, 4.69) is 47.3 Å². The van der Waals surface area contributed by atoms with Crippen molar-refractivity contribution in [1.82, 2.24) is 19.6 Å². The predicted octanol–water partition coefficient (Wildman–Crippen LogP) is 2.74. The average molecular weight is 363 g/mol. The van der Waals surface area contributed by atoms with Crippen LogP contribution in [0.25, 0.3) is 0 Å². The molecule has 0 aromatic rings. The molecule has 1 saturated carbocycles. The number of piperazine rings is 1. The highest BCUT2D eigenvalue weighted by Gasteiger charge is 2.54. The molecule has 4 aliphatic rings. The normalized spacial score (nSPS) is 31.3. The Morgan fingerprint density at radius 1 is 0.769 bits per heavy atom. The van der Waals surface area contributed by atoms with E-state index in [1.165, 1.54) is 84.5 Å². The minimum absolute atomic E-state index is 0.717. The van der Waals surface area contributed by atoms with Gasteiger partial charge in [0.15, 0.2) is 0 Å². The van der Waals surface area contributed by atoms with Crippen molar-refractivity contribution in [2.45, 2.75) is 84.0 Å². The highest BCUT2D eigenvalue weighted by Crippen LogP contribution is 2.51. The van der Waals surface area contributed by atoms with Crippen LogP contribution in [-0.4, -0.2) is 96.1 Å². The Labute approximate surface area is 161 Å². The van der Waals surface area contributed by atoms with Crippen molar-refractivity contribution < 1.29 is 0 Å². The van der Waals surface area contributed by atoms with Crippen LogP contribution in [0.3, 0.4) is 0 Å². The van der Waals surface area contributed by atoms with Crippen LogP contribution >= 0.6 is 0 Å². The molecule has 0 aromatic heterocycles. The number of nitrogens with zero attached hydrogens (tertiary/aromatic N) is 4.